The largest absolute Gasteiger partial charge is 0.327 e. The minimum absolute atomic E-state index is 0.00682. The number of aryl methyl sites for hydroxylation is 3. The molecule has 5 rings (SSSR count). The van der Waals surface area contributed by atoms with E-state index in [9.17, 15) is 4.79 Å². The third-order valence-electron chi connectivity index (χ3n) is 5.84. The van der Waals surface area contributed by atoms with E-state index in [0.717, 1.165) is 41.3 Å². The zero-order chi connectivity index (χ0) is 21.5. The van der Waals surface area contributed by atoms with E-state index >= 15 is 0 Å². The summed E-state index contributed by atoms with van der Waals surface area (Å²) in [6.45, 7) is 7.32. The summed E-state index contributed by atoms with van der Waals surface area (Å²) in [4.78, 5) is 15.7. The Hall–Kier alpha value is -3.26. The molecule has 0 fully saturated rings. The molecule has 31 heavy (non-hydrogen) atoms. The van der Waals surface area contributed by atoms with Crippen LogP contribution in [0.1, 0.15) is 51.1 Å². The third kappa shape index (κ3) is 3.37. The van der Waals surface area contributed by atoms with Gasteiger partial charge in [-0.3, -0.25) is 4.79 Å². The summed E-state index contributed by atoms with van der Waals surface area (Å²) in [5.74, 6) is 0.974. The van der Waals surface area contributed by atoms with Crippen molar-refractivity contribution < 1.29 is 4.79 Å². The van der Waals surface area contributed by atoms with Crippen molar-refractivity contribution in [2.75, 3.05) is 0 Å². The molecule has 7 nitrogen and oxygen atoms in total. The van der Waals surface area contributed by atoms with Crippen LogP contribution in [0.15, 0.2) is 42.7 Å². The van der Waals surface area contributed by atoms with Crippen LogP contribution in [-0.4, -0.2) is 34.7 Å². The molecular formula is C23H24N6OS. The highest BCUT2D eigenvalue weighted by Gasteiger charge is 2.33. The summed E-state index contributed by atoms with van der Waals surface area (Å²) >= 11 is 1.19. The van der Waals surface area contributed by atoms with Crippen molar-refractivity contribution in [1.82, 2.24) is 28.8 Å². The Morgan fingerprint density at radius 1 is 1.13 bits per heavy atom. The number of hydrogen-bond acceptors (Lipinski definition) is 5. The van der Waals surface area contributed by atoms with Crippen LogP contribution in [0.4, 0.5) is 0 Å². The minimum Gasteiger partial charge on any atom is -0.327 e. The van der Waals surface area contributed by atoms with Crippen molar-refractivity contribution in [2.45, 2.75) is 46.7 Å². The Kier molecular flexibility index (Phi) is 4.94. The number of carbonyl (C=O) groups is 1. The highest BCUT2D eigenvalue weighted by Crippen LogP contribution is 2.32. The van der Waals surface area contributed by atoms with Gasteiger partial charge in [0, 0.05) is 18.0 Å². The summed E-state index contributed by atoms with van der Waals surface area (Å²) in [5, 5.41) is 9.09. The summed E-state index contributed by atoms with van der Waals surface area (Å²) in [6.07, 6.45) is 5.74. The molecule has 3 aromatic heterocycles. The minimum atomic E-state index is -0.00682. The van der Waals surface area contributed by atoms with Gasteiger partial charge in [0.25, 0.3) is 5.91 Å². The van der Waals surface area contributed by atoms with Crippen LogP contribution < -0.4 is 0 Å². The molecule has 0 N–H and O–H groups in total. The van der Waals surface area contributed by atoms with Gasteiger partial charge in [0.15, 0.2) is 0 Å². The first-order valence-electron chi connectivity index (χ1n) is 10.5. The first kappa shape index (κ1) is 19.7. The Bertz CT molecular complexity index is 1250. The van der Waals surface area contributed by atoms with Gasteiger partial charge in [0.2, 0.25) is 0 Å². The maximum Gasteiger partial charge on any atom is 0.268 e. The molecule has 0 saturated carbocycles. The normalized spacial score (nSPS) is 13.1. The fraction of sp³-hybridized carbons (Fsp3) is 0.304. The van der Waals surface area contributed by atoms with Gasteiger partial charge in [-0.1, -0.05) is 23.9 Å². The predicted octanol–water partition coefficient (Wildman–Crippen LogP) is 4.24. The lowest BCUT2D eigenvalue weighted by Gasteiger charge is -2.17. The molecule has 1 amide bonds. The monoisotopic (exact) mass is 432 g/mol. The predicted molar refractivity (Wildman–Crippen MR) is 120 cm³/mol. The van der Waals surface area contributed by atoms with Crippen molar-refractivity contribution in [1.29, 1.82) is 0 Å². The molecule has 0 unspecified atom stereocenters. The standard InChI is InChI=1S/C23H24N6OS/c1-4-7-19-21(31-26-24-19)23(30)28-13-18-20(14-28)25-29(22(18)27-10-5-6-11-27)17-9-8-15(2)16(3)12-17/h5-6,8-12H,4,7,13-14H2,1-3H3. The lowest BCUT2D eigenvalue weighted by molar-refractivity contribution is 0.0752. The molecule has 1 aromatic carbocycles. The van der Waals surface area contributed by atoms with Crippen LogP contribution in [0.5, 0.6) is 0 Å². The van der Waals surface area contributed by atoms with Crippen LogP contribution >= 0.6 is 11.5 Å². The van der Waals surface area contributed by atoms with Crippen molar-refractivity contribution in [2.24, 2.45) is 0 Å². The molecule has 0 spiro atoms. The number of rotatable bonds is 5. The van der Waals surface area contributed by atoms with Gasteiger partial charge in [-0.05, 0) is 67.2 Å². The molecule has 0 atom stereocenters. The number of fused-ring (bicyclic) bond motifs is 1. The van der Waals surface area contributed by atoms with Gasteiger partial charge in [-0.2, -0.15) is 5.10 Å². The average Bonchev–Trinajstić information content (AvgIpc) is 3.53. The average molecular weight is 433 g/mol. The lowest BCUT2D eigenvalue weighted by atomic mass is 10.1. The second-order valence-corrected chi connectivity index (χ2v) is 8.73. The maximum absolute atomic E-state index is 13.2. The Morgan fingerprint density at radius 3 is 2.68 bits per heavy atom. The Labute approximate surface area is 185 Å². The molecule has 0 bridgehead atoms. The van der Waals surface area contributed by atoms with E-state index in [2.05, 4.69) is 53.1 Å². The fourth-order valence-electron chi connectivity index (χ4n) is 4.04. The van der Waals surface area contributed by atoms with E-state index < -0.39 is 0 Å². The molecule has 1 aliphatic rings. The summed E-state index contributed by atoms with van der Waals surface area (Å²) in [5.41, 5.74) is 6.32. The van der Waals surface area contributed by atoms with Crippen LogP contribution in [-0.2, 0) is 19.5 Å². The van der Waals surface area contributed by atoms with Crippen molar-refractivity contribution in [3.8, 4) is 11.5 Å². The lowest BCUT2D eigenvalue weighted by Crippen LogP contribution is -2.26. The zero-order valence-corrected chi connectivity index (χ0v) is 18.7. The van der Waals surface area contributed by atoms with Crippen LogP contribution in [0.25, 0.3) is 11.5 Å². The molecule has 1 aliphatic heterocycles. The maximum atomic E-state index is 13.2. The molecule has 0 aliphatic carbocycles. The number of carbonyl (C=O) groups excluding carboxylic acids is 1. The van der Waals surface area contributed by atoms with Crippen LogP contribution in [0.2, 0.25) is 0 Å². The number of aromatic nitrogens is 5. The van der Waals surface area contributed by atoms with Crippen molar-refractivity contribution in [3.05, 3.63) is 75.7 Å². The van der Waals surface area contributed by atoms with E-state index in [1.54, 1.807) is 0 Å². The first-order chi connectivity index (χ1) is 15.1. The summed E-state index contributed by atoms with van der Waals surface area (Å²) < 4.78 is 8.09. The third-order valence-corrected chi connectivity index (χ3v) is 6.59. The molecule has 158 valence electrons. The van der Waals surface area contributed by atoms with Gasteiger partial charge >= 0.3 is 0 Å². The number of amides is 1. The van der Waals surface area contributed by atoms with E-state index in [1.807, 2.05) is 34.1 Å². The zero-order valence-electron chi connectivity index (χ0n) is 17.9. The number of benzene rings is 1. The molecule has 0 radical (unpaired) electrons. The van der Waals surface area contributed by atoms with Crippen LogP contribution in [0, 0.1) is 13.8 Å². The quantitative estimate of drug-likeness (QED) is 0.473. The summed E-state index contributed by atoms with van der Waals surface area (Å²) in [6, 6.07) is 10.4. The Balaban J connectivity index is 1.53. The van der Waals surface area contributed by atoms with Crippen LogP contribution in [0.3, 0.4) is 0 Å². The SMILES string of the molecule is CCCc1nnsc1C(=O)N1Cc2nn(-c3ccc(C)c(C)c3)c(-n3cccc3)c2C1. The van der Waals surface area contributed by atoms with E-state index in [-0.39, 0.29) is 5.91 Å². The smallest absolute Gasteiger partial charge is 0.268 e. The van der Waals surface area contributed by atoms with E-state index in [4.69, 9.17) is 5.10 Å². The second-order valence-electron chi connectivity index (χ2n) is 7.98. The molecule has 0 saturated heterocycles. The first-order valence-corrected chi connectivity index (χ1v) is 11.3. The topological polar surface area (TPSA) is 68.8 Å². The van der Waals surface area contributed by atoms with E-state index in [1.165, 1.54) is 22.7 Å². The van der Waals surface area contributed by atoms with Gasteiger partial charge in [-0.25, -0.2) is 4.68 Å². The van der Waals surface area contributed by atoms with Gasteiger partial charge in [0.1, 0.15) is 10.7 Å². The molecule has 8 heteroatoms. The van der Waals surface area contributed by atoms with Gasteiger partial charge in [0.05, 0.1) is 30.2 Å². The van der Waals surface area contributed by atoms with Gasteiger partial charge < -0.3 is 9.47 Å². The Morgan fingerprint density at radius 2 is 1.94 bits per heavy atom. The fourth-order valence-corrected chi connectivity index (χ4v) is 4.72. The number of hydrogen-bond donors (Lipinski definition) is 0. The summed E-state index contributed by atoms with van der Waals surface area (Å²) in [7, 11) is 0. The molecule has 4 heterocycles. The van der Waals surface area contributed by atoms with E-state index in [0.29, 0.717) is 18.0 Å². The van der Waals surface area contributed by atoms with Crippen molar-refractivity contribution in [3.63, 3.8) is 0 Å². The van der Waals surface area contributed by atoms with Gasteiger partial charge in [-0.15, -0.1) is 5.10 Å². The second kappa shape index (κ2) is 7.77. The van der Waals surface area contributed by atoms with Crippen molar-refractivity contribution >= 4 is 17.4 Å². The molecule has 4 aromatic rings. The highest BCUT2D eigenvalue weighted by atomic mass is 32.1. The number of nitrogens with zero attached hydrogens (tertiary/aromatic N) is 6. The highest BCUT2D eigenvalue weighted by molar-refractivity contribution is 7.08. The molecular weight excluding hydrogens is 408 g/mol.